The molecule has 0 aromatic heterocycles. The fourth-order valence-electron chi connectivity index (χ4n) is 7.23. The summed E-state index contributed by atoms with van der Waals surface area (Å²) in [6.07, 6.45) is -8.16. The van der Waals surface area contributed by atoms with Gasteiger partial charge in [-0.2, -0.15) is 0 Å². The quantitative estimate of drug-likeness (QED) is 0.352. The lowest BCUT2D eigenvalue weighted by molar-refractivity contribution is -0.338. The van der Waals surface area contributed by atoms with E-state index in [1.54, 1.807) is 39.0 Å². The molecule has 0 radical (unpaired) electrons. The molecular formula is C27H33FO8. The second kappa shape index (κ2) is 7.91. The number of benzene rings is 1. The number of carbonyl (C=O) groups excluding carboxylic acids is 2. The van der Waals surface area contributed by atoms with Crippen LogP contribution in [0.5, 0.6) is 0 Å². The zero-order valence-corrected chi connectivity index (χ0v) is 20.8. The molecule has 8 unspecified atom stereocenters. The average molecular weight is 505 g/mol. The first-order valence-corrected chi connectivity index (χ1v) is 12.3. The number of Topliss-reactive ketones (excluding diaryl/α,β-unsaturated/α-hetero) is 1. The molecule has 0 amide bonds. The van der Waals surface area contributed by atoms with Crippen molar-refractivity contribution in [2.45, 2.75) is 82.3 Å². The van der Waals surface area contributed by atoms with Crippen LogP contribution in [0, 0.1) is 16.7 Å². The molecule has 196 valence electrons. The van der Waals surface area contributed by atoms with E-state index in [0.29, 0.717) is 5.57 Å². The molecule has 8 nitrogen and oxygen atoms in total. The normalized spacial score (nSPS) is 45.5. The number of ether oxygens (including phenoxy) is 2. The number of aliphatic hydroxyl groups excluding tert-OH is 2. The Morgan fingerprint density at radius 3 is 2.36 bits per heavy atom. The lowest BCUT2D eigenvalue weighted by Gasteiger charge is -2.66. The maximum Gasteiger partial charge on any atom is 0.338 e. The Kier molecular flexibility index (Phi) is 5.60. The van der Waals surface area contributed by atoms with Gasteiger partial charge in [-0.15, -0.1) is 0 Å². The van der Waals surface area contributed by atoms with Crippen molar-refractivity contribution >= 4 is 11.8 Å². The minimum absolute atomic E-state index is 0.0698. The van der Waals surface area contributed by atoms with Crippen LogP contribution in [0.3, 0.4) is 0 Å². The van der Waals surface area contributed by atoms with E-state index in [1.165, 1.54) is 19.1 Å². The molecule has 1 saturated heterocycles. The molecular weight excluding hydrogens is 471 g/mol. The van der Waals surface area contributed by atoms with Crippen LogP contribution in [0.4, 0.5) is 4.39 Å². The molecule has 5 rings (SSSR count). The smallest absolute Gasteiger partial charge is 0.338 e. The number of fused-ring (bicyclic) bond motifs is 5. The largest absolute Gasteiger partial charge is 0.455 e. The molecule has 4 N–H and O–H groups in total. The molecule has 1 aromatic rings. The maximum atomic E-state index is 16.0. The Labute approximate surface area is 208 Å². The Balaban J connectivity index is 1.78. The topological polar surface area (TPSA) is 134 Å². The molecule has 1 aromatic carbocycles. The highest BCUT2D eigenvalue weighted by molar-refractivity contribution is 5.94. The SMILES string of the molecule is CC1=C2C(O)C(=O)[C@]3(C)C(F)CC4OCC4(O)C3C(OC(=O)c3ccccc3)C(O)(CC1O)C2(C)C. The summed E-state index contributed by atoms with van der Waals surface area (Å²) in [6, 6.07) is 8.01. The van der Waals surface area contributed by atoms with E-state index in [-0.39, 0.29) is 30.6 Å². The summed E-state index contributed by atoms with van der Waals surface area (Å²) in [5, 5.41) is 46.5. The fraction of sp³-hybridized carbons (Fsp3) is 0.630. The summed E-state index contributed by atoms with van der Waals surface area (Å²) in [4.78, 5) is 27.3. The lowest BCUT2D eigenvalue weighted by atomic mass is 9.45. The minimum Gasteiger partial charge on any atom is -0.455 e. The van der Waals surface area contributed by atoms with Crippen LogP contribution < -0.4 is 0 Å². The number of aliphatic hydroxyl groups is 4. The number of ketones is 1. The molecule has 9 atom stereocenters. The molecule has 2 bridgehead atoms. The average Bonchev–Trinajstić information content (AvgIpc) is 2.83. The summed E-state index contributed by atoms with van der Waals surface area (Å²) in [5.41, 5.74) is -6.76. The van der Waals surface area contributed by atoms with E-state index in [9.17, 15) is 30.0 Å². The highest BCUT2D eigenvalue weighted by Crippen LogP contribution is 2.63. The van der Waals surface area contributed by atoms with Crippen molar-refractivity contribution in [3.8, 4) is 0 Å². The molecule has 36 heavy (non-hydrogen) atoms. The Bertz CT molecular complexity index is 1130. The van der Waals surface area contributed by atoms with Crippen LogP contribution in [-0.4, -0.2) is 80.6 Å². The van der Waals surface area contributed by atoms with Gasteiger partial charge in [0.2, 0.25) is 0 Å². The van der Waals surface area contributed by atoms with Gasteiger partial charge in [0.15, 0.2) is 5.78 Å². The van der Waals surface area contributed by atoms with Crippen LogP contribution in [-0.2, 0) is 14.3 Å². The minimum atomic E-state index is -2.08. The standard InChI is InChI=1S/C27H33FO8/c1-13-15(29)11-27(34)22(36-23(32)14-8-6-5-7-9-14)20-25(4,16(28)10-17-26(20,33)12-35-17)21(31)19(30)18(13)24(27,2)3/h5-9,15-17,19-20,22,29-30,33-34H,10-12H2,1-4H3/t15?,16?,17?,19?,20?,22?,25-,26?,27?/m1/s1. The van der Waals surface area contributed by atoms with Gasteiger partial charge in [-0.3, -0.25) is 4.79 Å². The molecule has 4 aliphatic rings. The number of carbonyl (C=O) groups is 2. The van der Waals surface area contributed by atoms with Crippen molar-refractivity contribution in [3.63, 3.8) is 0 Å². The number of hydrogen-bond acceptors (Lipinski definition) is 8. The van der Waals surface area contributed by atoms with Gasteiger partial charge in [0.1, 0.15) is 29.6 Å². The van der Waals surface area contributed by atoms with Gasteiger partial charge in [0.25, 0.3) is 0 Å². The molecule has 9 heteroatoms. The van der Waals surface area contributed by atoms with Crippen LogP contribution in [0.2, 0.25) is 0 Å². The first-order chi connectivity index (χ1) is 16.7. The summed E-state index contributed by atoms with van der Waals surface area (Å²) in [7, 11) is 0. The summed E-state index contributed by atoms with van der Waals surface area (Å²) >= 11 is 0. The summed E-state index contributed by atoms with van der Waals surface area (Å²) < 4.78 is 27.4. The first kappa shape index (κ1) is 25.5. The van der Waals surface area contributed by atoms with Crippen molar-refractivity contribution in [2.75, 3.05) is 6.61 Å². The van der Waals surface area contributed by atoms with Gasteiger partial charge < -0.3 is 29.9 Å². The van der Waals surface area contributed by atoms with Crippen molar-refractivity contribution in [3.05, 3.63) is 47.0 Å². The molecule has 0 spiro atoms. The van der Waals surface area contributed by atoms with E-state index in [1.807, 2.05) is 0 Å². The molecule has 2 saturated carbocycles. The zero-order valence-electron chi connectivity index (χ0n) is 20.8. The fourth-order valence-corrected chi connectivity index (χ4v) is 7.23. The third-order valence-corrected chi connectivity index (χ3v) is 9.58. The van der Waals surface area contributed by atoms with Crippen LogP contribution >= 0.6 is 0 Å². The predicted octanol–water partition coefficient (Wildman–Crippen LogP) is 1.49. The van der Waals surface area contributed by atoms with E-state index in [2.05, 4.69) is 0 Å². The van der Waals surface area contributed by atoms with Crippen molar-refractivity contribution in [1.29, 1.82) is 0 Å². The molecule has 3 fully saturated rings. The summed E-state index contributed by atoms with van der Waals surface area (Å²) in [5.74, 6) is -3.18. The number of esters is 1. The van der Waals surface area contributed by atoms with Crippen molar-refractivity contribution in [1.82, 2.24) is 0 Å². The third kappa shape index (κ3) is 3.04. The zero-order chi connectivity index (χ0) is 26.4. The Morgan fingerprint density at radius 1 is 1.14 bits per heavy atom. The molecule has 1 heterocycles. The van der Waals surface area contributed by atoms with E-state index < -0.39 is 70.3 Å². The van der Waals surface area contributed by atoms with Crippen LogP contribution in [0.25, 0.3) is 0 Å². The van der Waals surface area contributed by atoms with Gasteiger partial charge in [-0.25, -0.2) is 9.18 Å². The van der Waals surface area contributed by atoms with E-state index in [4.69, 9.17) is 9.47 Å². The van der Waals surface area contributed by atoms with E-state index in [0.717, 1.165) is 0 Å². The Hall–Kier alpha value is -2.17. The highest BCUT2D eigenvalue weighted by atomic mass is 19.1. The van der Waals surface area contributed by atoms with Gasteiger partial charge in [-0.1, -0.05) is 32.0 Å². The monoisotopic (exact) mass is 504 g/mol. The highest BCUT2D eigenvalue weighted by Gasteiger charge is 2.76. The number of alkyl halides is 1. The van der Waals surface area contributed by atoms with Crippen molar-refractivity contribution in [2.24, 2.45) is 16.7 Å². The number of rotatable bonds is 2. The molecule has 3 aliphatic carbocycles. The maximum absolute atomic E-state index is 16.0. The first-order valence-electron chi connectivity index (χ1n) is 12.3. The van der Waals surface area contributed by atoms with Gasteiger partial charge in [-0.05, 0) is 37.1 Å². The van der Waals surface area contributed by atoms with Crippen LogP contribution in [0.1, 0.15) is 50.9 Å². The number of halogens is 1. The van der Waals surface area contributed by atoms with Gasteiger partial charge in [0.05, 0.1) is 29.8 Å². The molecule has 1 aliphatic heterocycles. The van der Waals surface area contributed by atoms with Gasteiger partial charge in [0, 0.05) is 24.2 Å². The van der Waals surface area contributed by atoms with Crippen LogP contribution in [0.15, 0.2) is 41.5 Å². The Morgan fingerprint density at radius 2 is 1.78 bits per heavy atom. The predicted molar refractivity (Wildman–Crippen MR) is 125 cm³/mol. The lowest BCUT2D eigenvalue weighted by Crippen LogP contribution is -2.80. The second-order valence-corrected chi connectivity index (χ2v) is 11.6. The number of hydrogen-bond donors (Lipinski definition) is 4. The van der Waals surface area contributed by atoms with E-state index >= 15 is 4.39 Å². The van der Waals surface area contributed by atoms with Gasteiger partial charge >= 0.3 is 5.97 Å². The summed E-state index contributed by atoms with van der Waals surface area (Å²) in [6.45, 7) is 5.80. The second-order valence-electron chi connectivity index (χ2n) is 11.6. The third-order valence-electron chi connectivity index (χ3n) is 9.58. The van der Waals surface area contributed by atoms with Crippen molar-refractivity contribution < 1.29 is 43.9 Å².